The van der Waals surface area contributed by atoms with Crippen molar-refractivity contribution < 1.29 is 18.7 Å². The molecule has 0 saturated carbocycles. The summed E-state index contributed by atoms with van der Waals surface area (Å²) in [5, 5.41) is 11.1. The summed E-state index contributed by atoms with van der Waals surface area (Å²) in [6.45, 7) is 2.33. The molecule has 2 atom stereocenters. The standard InChI is InChI=1S/C22H19ClF2N2O2S/c1-2-9-27-20(17-7-8-18(23)30-17)19(21(28)13-4-3-10-26-12-13)22(29)15-6-5-14(24)11-16(15)25/h3-8,10-12,19,21,28H,2,9H2,1H3. The maximum atomic E-state index is 14.4. The lowest BCUT2D eigenvalue weighted by molar-refractivity contribution is 0.0790. The highest BCUT2D eigenvalue weighted by molar-refractivity contribution is 7.18. The fourth-order valence-corrected chi connectivity index (χ4v) is 4.12. The molecule has 1 aromatic carbocycles. The van der Waals surface area contributed by atoms with Gasteiger partial charge in [-0.25, -0.2) is 8.78 Å². The number of hydrogen-bond donors (Lipinski definition) is 1. The smallest absolute Gasteiger partial charge is 0.177 e. The van der Waals surface area contributed by atoms with E-state index in [1.54, 1.807) is 24.3 Å². The summed E-state index contributed by atoms with van der Waals surface area (Å²) in [5.41, 5.74) is 0.361. The van der Waals surface area contributed by atoms with Gasteiger partial charge in [-0.1, -0.05) is 24.6 Å². The summed E-state index contributed by atoms with van der Waals surface area (Å²) in [6.07, 6.45) is 2.34. The van der Waals surface area contributed by atoms with E-state index in [1.807, 2.05) is 6.92 Å². The van der Waals surface area contributed by atoms with Gasteiger partial charge in [0.15, 0.2) is 5.78 Å². The van der Waals surface area contributed by atoms with Crippen molar-refractivity contribution in [2.45, 2.75) is 19.4 Å². The number of benzene rings is 1. The molecule has 0 spiro atoms. The molecular formula is C22H19ClF2N2O2S. The summed E-state index contributed by atoms with van der Waals surface area (Å²) >= 11 is 7.29. The first kappa shape index (κ1) is 22.2. The minimum Gasteiger partial charge on any atom is -0.387 e. The Kier molecular flexibility index (Phi) is 7.42. The Bertz CT molecular complexity index is 1060. The quantitative estimate of drug-likeness (QED) is 0.365. The van der Waals surface area contributed by atoms with Crippen molar-refractivity contribution in [3.05, 3.63) is 86.8 Å². The van der Waals surface area contributed by atoms with Gasteiger partial charge in [-0.3, -0.25) is 14.8 Å². The van der Waals surface area contributed by atoms with Crippen molar-refractivity contribution in [1.82, 2.24) is 4.98 Å². The first-order valence-electron chi connectivity index (χ1n) is 9.29. The lowest BCUT2D eigenvalue weighted by Crippen LogP contribution is -2.32. The van der Waals surface area contributed by atoms with Crippen LogP contribution in [0.25, 0.3) is 0 Å². The van der Waals surface area contributed by atoms with Crippen LogP contribution in [0.1, 0.15) is 40.2 Å². The van der Waals surface area contributed by atoms with Crippen molar-refractivity contribution in [3.63, 3.8) is 0 Å². The molecule has 8 heteroatoms. The number of aromatic nitrogens is 1. The topological polar surface area (TPSA) is 62.5 Å². The summed E-state index contributed by atoms with van der Waals surface area (Å²) < 4.78 is 28.3. The number of pyridine rings is 1. The lowest BCUT2D eigenvalue weighted by atomic mass is 9.84. The molecule has 0 radical (unpaired) electrons. The number of nitrogens with zero attached hydrogens (tertiary/aromatic N) is 2. The number of carbonyl (C=O) groups excluding carboxylic acids is 1. The maximum absolute atomic E-state index is 14.4. The molecule has 3 rings (SSSR count). The summed E-state index contributed by atoms with van der Waals surface area (Å²) in [4.78, 5) is 22.6. The Labute approximate surface area is 181 Å². The Balaban J connectivity index is 2.15. The van der Waals surface area contributed by atoms with Gasteiger partial charge in [0.25, 0.3) is 0 Å². The number of ketones is 1. The van der Waals surface area contributed by atoms with Gasteiger partial charge in [-0.15, -0.1) is 11.3 Å². The predicted molar refractivity (Wildman–Crippen MR) is 114 cm³/mol. The molecule has 0 saturated heterocycles. The SMILES string of the molecule is CCCN=C(c1ccc(Cl)s1)C(C(=O)c1ccc(F)cc1F)C(O)c1cccnc1. The molecule has 0 amide bonds. The van der Waals surface area contributed by atoms with Crippen LogP contribution in [-0.4, -0.2) is 28.1 Å². The molecule has 156 valence electrons. The van der Waals surface area contributed by atoms with Gasteiger partial charge in [-0.2, -0.15) is 0 Å². The monoisotopic (exact) mass is 448 g/mol. The highest BCUT2D eigenvalue weighted by atomic mass is 35.5. The summed E-state index contributed by atoms with van der Waals surface area (Å²) in [7, 11) is 0. The van der Waals surface area contributed by atoms with E-state index in [9.17, 15) is 18.7 Å². The van der Waals surface area contributed by atoms with E-state index in [2.05, 4.69) is 9.98 Å². The van der Waals surface area contributed by atoms with Crippen LogP contribution in [0, 0.1) is 17.6 Å². The van der Waals surface area contributed by atoms with E-state index in [4.69, 9.17) is 11.6 Å². The van der Waals surface area contributed by atoms with Crippen LogP contribution in [0.2, 0.25) is 4.34 Å². The molecule has 2 heterocycles. The van der Waals surface area contributed by atoms with E-state index in [0.717, 1.165) is 12.1 Å². The van der Waals surface area contributed by atoms with Crippen LogP contribution >= 0.6 is 22.9 Å². The van der Waals surface area contributed by atoms with Gasteiger partial charge in [0.05, 0.1) is 32.5 Å². The van der Waals surface area contributed by atoms with Gasteiger partial charge in [-0.05, 0) is 42.3 Å². The highest BCUT2D eigenvalue weighted by Crippen LogP contribution is 2.33. The average molecular weight is 449 g/mol. The summed E-state index contributed by atoms with van der Waals surface area (Å²) in [6, 6.07) is 9.36. The molecule has 0 fully saturated rings. The highest BCUT2D eigenvalue weighted by Gasteiger charge is 2.36. The zero-order valence-electron chi connectivity index (χ0n) is 16.1. The number of aliphatic hydroxyl groups excluding tert-OH is 1. The normalized spacial score (nSPS) is 13.8. The number of carbonyl (C=O) groups is 1. The van der Waals surface area contributed by atoms with Crippen LogP contribution < -0.4 is 0 Å². The molecule has 4 nitrogen and oxygen atoms in total. The van der Waals surface area contributed by atoms with Gasteiger partial charge >= 0.3 is 0 Å². The van der Waals surface area contributed by atoms with Crippen LogP contribution in [0.3, 0.4) is 0 Å². The number of hydrogen-bond acceptors (Lipinski definition) is 5. The number of thiophene rings is 1. The zero-order valence-corrected chi connectivity index (χ0v) is 17.6. The third kappa shape index (κ3) is 4.98. The lowest BCUT2D eigenvalue weighted by Gasteiger charge is -2.24. The fourth-order valence-electron chi connectivity index (χ4n) is 3.03. The molecule has 0 bridgehead atoms. The minimum atomic E-state index is -1.34. The average Bonchev–Trinajstić information content (AvgIpc) is 3.17. The van der Waals surface area contributed by atoms with E-state index >= 15 is 0 Å². The van der Waals surface area contributed by atoms with Crippen molar-refractivity contribution in [3.8, 4) is 0 Å². The Morgan fingerprint density at radius 1 is 1.27 bits per heavy atom. The number of rotatable bonds is 8. The van der Waals surface area contributed by atoms with E-state index < -0.39 is 29.4 Å². The second kappa shape index (κ2) is 10.0. The van der Waals surface area contributed by atoms with E-state index in [1.165, 1.54) is 23.7 Å². The first-order chi connectivity index (χ1) is 14.4. The third-order valence-electron chi connectivity index (χ3n) is 4.45. The van der Waals surface area contributed by atoms with Crippen molar-refractivity contribution in [2.75, 3.05) is 6.54 Å². The first-order valence-corrected chi connectivity index (χ1v) is 10.5. The molecule has 3 aromatic rings. The molecule has 0 aliphatic rings. The van der Waals surface area contributed by atoms with E-state index in [0.29, 0.717) is 39.5 Å². The number of aliphatic imine (C=N–C) groups is 1. The second-order valence-electron chi connectivity index (χ2n) is 6.57. The Morgan fingerprint density at radius 3 is 2.67 bits per heavy atom. The van der Waals surface area contributed by atoms with Gasteiger partial charge in [0.2, 0.25) is 0 Å². The van der Waals surface area contributed by atoms with Gasteiger partial charge < -0.3 is 5.11 Å². The fraction of sp³-hybridized carbons (Fsp3) is 0.227. The zero-order chi connectivity index (χ0) is 21.7. The van der Waals surface area contributed by atoms with Crippen LogP contribution in [0.5, 0.6) is 0 Å². The molecule has 0 aliphatic carbocycles. The maximum Gasteiger partial charge on any atom is 0.177 e. The molecular weight excluding hydrogens is 430 g/mol. The third-order valence-corrected chi connectivity index (χ3v) is 5.70. The molecule has 0 aliphatic heterocycles. The van der Waals surface area contributed by atoms with Crippen LogP contribution in [0.4, 0.5) is 8.78 Å². The largest absolute Gasteiger partial charge is 0.387 e. The minimum absolute atomic E-state index is 0.304. The van der Waals surface area contributed by atoms with Gasteiger partial charge in [0.1, 0.15) is 11.6 Å². The van der Waals surface area contributed by atoms with Crippen LogP contribution in [-0.2, 0) is 0 Å². The van der Waals surface area contributed by atoms with Crippen molar-refractivity contribution in [2.24, 2.45) is 10.9 Å². The number of Topliss-reactive ketones (excluding diaryl/α,β-unsaturated/α-hetero) is 1. The molecule has 30 heavy (non-hydrogen) atoms. The Hall–Kier alpha value is -2.48. The van der Waals surface area contributed by atoms with Crippen LogP contribution in [0.15, 0.2) is 59.9 Å². The van der Waals surface area contributed by atoms with Crippen molar-refractivity contribution >= 4 is 34.4 Å². The number of halogens is 3. The molecule has 1 N–H and O–H groups in total. The van der Waals surface area contributed by atoms with Gasteiger partial charge in [0, 0.05) is 25.0 Å². The van der Waals surface area contributed by atoms with Crippen molar-refractivity contribution in [1.29, 1.82) is 0 Å². The summed E-state index contributed by atoms with van der Waals surface area (Å²) in [5.74, 6) is -3.72. The number of aliphatic hydroxyl groups is 1. The molecule has 2 unspecified atom stereocenters. The second-order valence-corrected chi connectivity index (χ2v) is 8.28. The Morgan fingerprint density at radius 2 is 2.07 bits per heavy atom. The molecule has 2 aromatic heterocycles. The van der Waals surface area contributed by atoms with E-state index in [-0.39, 0.29) is 5.56 Å². The predicted octanol–water partition coefficient (Wildman–Crippen LogP) is 5.51.